The van der Waals surface area contributed by atoms with Gasteiger partial charge in [-0.05, 0) is 36.0 Å². The predicted molar refractivity (Wildman–Crippen MR) is 106 cm³/mol. The highest BCUT2D eigenvalue weighted by Gasteiger charge is 2.18. The number of hydrogen-bond donors (Lipinski definition) is 1. The molecular formula is C18H11BrN4O2S. The number of aromatic amines is 1. The number of nitrogens with zero attached hydrogens (tertiary/aromatic N) is 3. The Labute approximate surface area is 161 Å². The first kappa shape index (κ1) is 16.6. The number of nitrogens with one attached hydrogen (secondary N) is 1. The molecule has 0 aliphatic heterocycles. The lowest BCUT2D eigenvalue weighted by molar-refractivity contribution is -0.384. The van der Waals surface area contributed by atoms with Crippen LogP contribution in [0.1, 0.15) is 0 Å². The highest BCUT2D eigenvalue weighted by Crippen LogP contribution is 2.33. The fourth-order valence-electron chi connectivity index (χ4n) is 2.84. The predicted octanol–water partition coefficient (Wildman–Crippen LogP) is 5.40. The Morgan fingerprint density at radius 3 is 2.58 bits per heavy atom. The molecule has 0 saturated carbocycles. The molecule has 8 heteroatoms. The number of hydrogen-bond acceptors (Lipinski definition) is 4. The van der Waals surface area contributed by atoms with Gasteiger partial charge in [-0.2, -0.15) is 0 Å². The molecule has 0 amide bonds. The lowest BCUT2D eigenvalue weighted by atomic mass is 10.1. The highest BCUT2D eigenvalue weighted by molar-refractivity contribution is 9.10. The summed E-state index contributed by atoms with van der Waals surface area (Å²) in [5.41, 5.74) is 3.61. The lowest BCUT2D eigenvalue weighted by Crippen LogP contribution is -1.96. The summed E-state index contributed by atoms with van der Waals surface area (Å²) in [6, 6.07) is 14.4. The van der Waals surface area contributed by atoms with E-state index in [9.17, 15) is 10.1 Å². The minimum Gasteiger partial charge on any atom is -0.339 e. The van der Waals surface area contributed by atoms with Crippen molar-refractivity contribution in [3.05, 3.63) is 80.3 Å². The molecule has 2 aromatic carbocycles. The second kappa shape index (κ2) is 6.47. The molecule has 6 nitrogen and oxygen atoms in total. The molecule has 0 radical (unpaired) electrons. The van der Waals surface area contributed by atoms with Crippen LogP contribution in [0.4, 0.5) is 5.69 Å². The Kier molecular flexibility index (Phi) is 4.14. The second-order valence-corrected chi connectivity index (χ2v) is 6.90. The van der Waals surface area contributed by atoms with Gasteiger partial charge >= 0.3 is 0 Å². The largest absolute Gasteiger partial charge is 0.339 e. The van der Waals surface area contributed by atoms with Crippen molar-refractivity contribution in [2.75, 3.05) is 0 Å². The van der Waals surface area contributed by atoms with Crippen molar-refractivity contribution in [3.8, 4) is 22.4 Å². The molecule has 2 aromatic heterocycles. The van der Waals surface area contributed by atoms with Gasteiger partial charge in [0.15, 0.2) is 0 Å². The van der Waals surface area contributed by atoms with Crippen molar-refractivity contribution in [1.82, 2.24) is 14.4 Å². The molecule has 0 unspecified atom stereocenters. The zero-order valence-electron chi connectivity index (χ0n) is 13.2. The first-order chi connectivity index (χ1) is 12.5. The number of fused-ring (bicyclic) bond motifs is 1. The number of imidazole rings is 1. The Balaban J connectivity index is 1.98. The van der Waals surface area contributed by atoms with Crippen LogP contribution in [0, 0.1) is 14.9 Å². The van der Waals surface area contributed by atoms with E-state index in [0.717, 1.165) is 15.7 Å². The van der Waals surface area contributed by atoms with Gasteiger partial charge in [-0.3, -0.25) is 14.5 Å². The Hall–Kier alpha value is -2.84. The van der Waals surface area contributed by atoms with Crippen LogP contribution in [-0.4, -0.2) is 19.3 Å². The summed E-state index contributed by atoms with van der Waals surface area (Å²) in [5, 5.41) is 11.4. The molecule has 0 saturated heterocycles. The molecule has 2 heterocycles. The van der Waals surface area contributed by atoms with E-state index in [2.05, 4.69) is 25.9 Å². The maximum atomic E-state index is 11.4. The van der Waals surface area contributed by atoms with Crippen LogP contribution in [0.3, 0.4) is 0 Å². The monoisotopic (exact) mass is 426 g/mol. The van der Waals surface area contributed by atoms with Crippen molar-refractivity contribution >= 4 is 39.5 Å². The SMILES string of the molecule is O=[N+]([O-])c1ccccc1-c1cnc(=S)n2cc(-c3ccc(Br)cc3)[nH]c12. The van der Waals surface area contributed by atoms with Gasteiger partial charge in [0.2, 0.25) is 4.77 Å². The number of para-hydroxylation sites is 1. The van der Waals surface area contributed by atoms with Gasteiger partial charge in [-0.1, -0.05) is 40.2 Å². The van der Waals surface area contributed by atoms with Gasteiger partial charge in [0.25, 0.3) is 5.69 Å². The fraction of sp³-hybridized carbons (Fsp3) is 0. The van der Waals surface area contributed by atoms with Gasteiger partial charge in [0.1, 0.15) is 5.65 Å². The van der Waals surface area contributed by atoms with Crippen molar-refractivity contribution < 1.29 is 4.92 Å². The Morgan fingerprint density at radius 1 is 1.12 bits per heavy atom. The van der Waals surface area contributed by atoms with Crippen molar-refractivity contribution in [1.29, 1.82) is 0 Å². The van der Waals surface area contributed by atoms with Crippen LogP contribution in [0.2, 0.25) is 0 Å². The topological polar surface area (TPSA) is 76.2 Å². The second-order valence-electron chi connectivity index (χ2n) is 5.62. The summed E-state index contributed by atoms with van der Waals surface area (Å²) in [6.45, 7) is 0. The van der Waals surface area contributed by atoms with Gasteiger partial charge in [0, 0.05) is 28.5 Å². The van der Waals surface area contributed by atoms with E-state index >= 15 is 0 Å². The summed E-state index contributed by atoms with van der Waals surface area (Å²) in [6.07, 6.45) is 3.42. The average molecular weight is 427 g/mol. The van der Waals surface area contributed by atoms with E-state index in [0.29, 0.717) is 21.5 Å². The number of benzene rings is 2. The fourth-order valence-corrected chi connectivity index (χ4v) is 3.30. The Morgan fingerprint density at radius 2 is 1.85 bits per heavy atom. The van der Waals surface area contributed by atoms with E-state index in [1.165, 1.54) is 6.07 Å². The normalized spacial score (nSPS) is 11.0. The molecule has 0 bridgehead atoms. The van der Waals surface area contributed by atoms with E-state index in [1.807, 2.05) is 30.5 Å². The molecule has 0 fully saturated rings. The first-order valence-electron chi connectivity index (χ1n) is 7.65. The minimum absolute atomic E-state index is 0.0214. The maximum Gasteiger partial charge on any atom is 0.277 e. The van der Waals surface area contributed by atoms with Crippen molar-refractivity contribution in [3.63, 3.8) is 0 Å². The van der Waals surface area contributed by atoms with Crippen LogP contribution >= 0.6 is 28.1 Å². The third-order valence-corrected chi connectivity index (χ3v) is 4.89. The van der Waals surface area contributed by atoms with Crippen LogP contribution in [0.5, 0.6) is 0 Å². The average Bonchev–Trinajstić information content (AvgIpc) is 3.09. The zero-order valence-corrected chi connectivity index (χ0v) is 15.6. The quantitative estimate of drug-likeness (QED) is 0.270. The van der Waals surface area contributed by atoms with Gasteiger partial charge < -0.3 is 4.98 Å². The van der Waals surface area contributed by atoms with E-state index in [1.54, 1.807) is 28.8 Å². The highest BCUT2D eigenvalue weighted by atomic mass is 79.9. The summed E-state index contributed by atoms with van der Waals surface area (Å²) < 4.78 is 3.09. The first-order valence-corrected chi connectivity index (χ1v) is 8.85. The van der Waals surface area contributed by atoms with E-state index in [-0.39, 0.29) is 5.69 Å². The molecule has 0 spiro atoms. The number of nitro groups is 1. The number of aromatic nitrogens is 3. The minimum atomic E-state index is -0.397. The summed E-state index contributed by atoms with van der Waals surface area (Å²) in [4.78, 5) is 18.6. The third kappa shape index (κ3) is 2.83. The molecule has 0 atom stereocenters. The molecule has 4 rings (SSSR count). The lowest BCUT2D eigenvalue weighted by Gasteiger charge is -2.04. The molecular weight excluding hydrogens is 416 g/mol. The number of rotatable bonds is 3. The third-order valence-electron chi connectivity index (χ3n) is 4.06. The van der Waals surface area contributed by atoms with Gasteiger partial charge in [-0.15, -0.1) is 0 Å². The van der Waals surface area contributed by atoms with Crippen molar-refractivity contribution in [2.24, 2.45) is 0 Å². The molecule has 0 aliphatic carbocycles. The number of halogens is 1. The van der Waals surface area contributed by atoms with Crippen molar-refractivity contribution in [2.45, 2.75) is 0 Å². The molecule has 128 valence electrons. The molecule has 1 N–H and O–H groups in total. The zero-order chi connectivity index (χ0) is 18.3. The number of nitro benzene ring substituents is 1. The summed E-state index contributed by atoms with van der Waals surface area (Å²) in [5.74, 6) is 0. The molecule has 4 aromatic rings. The van der Waals surface area contributed by atoms with Gasteiger partial charge in [0.05, 0.1) is 16.2 Å². The van der Waals surface area contributed by atoms with Crippen LogP contribution in [-0.2, 0) is 0 Å². The van der Waals surface area contributed by atoms with Crippen LogP contribution < -0.4 is 0 Å². The molecule has 26 heavy (non-hydrogen) atoms. The Bertz CT molecular complexity index is 1200. The maximum absolute atomic E-state index is 11.4. The molecule has 0 aliphatic rings. The van der Waals surface area contributed by atoms with Gasteiger partial charge in [-0.25, -0.2) is 4.98 Å². The smallest absolute Gasteiger partial charge is 0.277 e. The standard InChI is InChI=1S/C18H11BrN4O2S/c19-12-7-5-11(6-8-12)15-10-22-17(21-15)14(9-20-18(22)26)13-3-1-2-4-16(13)23(24)25/h1-10,21H. The van der Waals surface area contributed by atoms with E-state index in [4.69, 9.17) is 12.2 Å². The van der Waals surface area contributed by atoms with Crippen LogP contribution in [0.15, 0.2) is 65.4 Å². The van der Waals surface area contributed by atoms with Crippen LogP contribution in [0.25, 0.3) is 28.0 Å². The number of H-pyrrole nitrogens is 1. The van der Waals surface area contributed by atoms with E-state index < -0.39 is 4.92 Å². The summed E-state index contributed by atoms with van der Waals surface area (Å²) >= 11 is 8.74. The summed E-state index contributed by atoms with van der Waals surface area (Å²) in [7, 11) is 0.